The normalized spacial score (nSPS) is 26.5. The molecule has 2 rings (SSSR count). The summed E-state index contributed by atoms with van der Waals surface area (Å²) in [5.41, 5.74) is 0. The second-order valence-electron chi connectivity index (χ2n) is 4.37. The topological polar surface area (TPSA) is 59.0 Å². The average Bonchev–Trinajstić information content (AvgIpc) is 2.87. The van der Waals surface area contributed by atoms with Gasteiger partial charge in [0.05, 0.1) is 13.2 Å². The number of likely N-dealkylation sites (tertiary alicyclic amines) is 1. The van der Waals surface area contributed by atoms with Crippen LogP contribution in [0.5, 0.6) is 0 Å². The number of carboxylic acid groups (broad SMARTS) is 1. The van der Waals surface area contributed by atoms with Gasteiger partial charge in [-0.25, -0.2) is 4.79 Å². The molecule has 0 unspecified atom stereocenters. The number of ether oxygens (including phenoxy) is 2. The number of carbonyl (C=O) groups is 1. The van der Waals surface area contributed by atoms with Crippen LogP contribution in [-0.4, -0.2) is 48.2 Å². The Bertz CT molecular complexity index is 240. The second kappa shape index (κ2) is 5.50. The Morgan fingerprint density at radius 3 is 2.75 bits per heavy atom. The molecular weight excluding hydrogens is 210 g/mol. The van der Waals surface area contributed by atoms with Gasteiger partial charge in [-0.2, -0.15) is 0 Å². The number of nitrogens with zero attached hydrogens (tertiary/aromatic N) is 1. The molecule has 2 aliphatic heterocycles. The molecule has 1 atom stereocenters. The molecule has 0 aliphatic carbocycles. The maximum absolute atomic E-state index is 10.9. The van der Waals surface area contributed by atoms with E-state index in [1.807, 2.05) is 0 Å². The van der Waals surface area contributed by atoms with Gasteiger partial charge in [-0.15, -0.1) is 0 Å². The van der Waals surface area contributed by atoms with Gasteiger partial charge in [0.15, 0.2) is 6.29 Å². The highest BCUT2D eigenvalue weighted by Crippen LogP contribution is 2.23. The van der Waals surface area contributed by atoms with Crippen molar-refractivity contribution in [3.63, 3.8) is 0 Å². The van der Waals surface area contributed by atoms with Crippen molar-refractivity contribution < 1.29 is 19.4 Å². The molecule has 0 bridgehead atoms. The zero-order valence-corrected chi connectivity index (χ0v) is 9.43. The van der Waals surface area contributed by atoms with Crippen molar-refractivity contribution in [3.05, 3.63) is 0 Å². The van der Waals surface area contributed by atoms with Crippen LogP contribution in [0.3, 0.4) is 0 Å². The fourth-order valence-corrected chi connectivity index (χ4v) is 2.48. The first-order valence-corrected chi connectivity index (χ1v) is 6.00. The Labute approximate surface area is 95.3 Å². The van der Waals surface area contributed by atoms with E-state index in [-0.39, 0.29) is 12.3 Å². The summed E-state index contributed by atoms with van der Waals surface area (Å²) in [6.07, 6.45) is 3.93. The van der Waals surface area contributed by atoms with Gasteiger partial charge in [0, 0.05) is 12.6 Å². The van der Waals surface area contributed by atoms with Crippen LogP contribution < -0.4 is 0 Å². The standard InChI is InChI=1S/C11H19NO4/c13-11(14)12-6-2-4-9(12)3-1-5-10-15-7-8-16-10/h9-10H,1-8H2,(H,13,14)/t9-/m1/s1. The van der Waals surface area contributed by atoms with Gasteiger partial charge in [-0.05, 0) is 32.1 Å². The van der Waals surface area contributed by atoms with Crippen LogP contribution in [0.1, 0.15) is 32.1 Å². The monoisotopic (exact) mass is 229 g/mol. The molecule has 0 saturated carbocycles. The van der Waals surface area contributed by atoms with E-state index in [1.54, 1.807) is 4.90 Å². The van der Waals surface area contributed by atoms with Crippen LogP contribution in [-0.2, 0) is 9.47 Å². The number of rotatable bonds is 4. The summed E-state index contributed by atoms with van der Waals surface area (Å²) < 4.78 is 10.7. The smallest absolute Gasteiger partial charge is 0.407 e. The maximum atomic E-state index is 10.9. The molecule has 2 saturated heterocycles. The van der Waals surface area contributed by atoms with Crippen molar-refractivity contribution in [1.29, 1.82) is 0 Å². The summed E-state index contributed by atoms with van der Waals surface area (Å²) in [6.45, 7) is 2.07. The lowest BCUT2D eigenvalue weighted by atomic mass is 10.1. The quantitative estimate of drug-likeness (QED) is 0.796. The van der Waals surface area contributed by atoms with Gasteiger partial charge < -0.3 is 19.5 Å². The predicted molar refractivity (Wildman–Crippen MR) is 57.3 cm³/mol. The Morgan fingerprint density at radius 1 is 1.31 bits per heavy atom. The van der Waals surface area contributed by atoms with Crippen LogP contribution >= 0.6 is 0 Å². The molecule has 2 heterocycles. The van der Waals surface area contributed by atoms with Crippen molar-refractivity contribution in [2.75, 3.05) is 19.8 Å². The highest BCUT2D eigenvalue weighted by atomic mass is 16.7. The summed E-state index contributed by atoms with van der Waals surface area (Å²) in [5, 5.41) is 8.97. The molecule has 0 radical (unpaired) electrons. The molecule has 0 aromatic heterocycles. The van der Waals surface area contributed by atoms with Crippen LogP contribution in [0.25, 0.3) is 0 Å². The zero-order chi connectivity index (χ0) is 11.4. The third-order valence-electron chi connectivity index (χ3n) is 3.29. The van der Waals surface area contributed by atoms with E-state index in [9.17, 15) is 4.79 Å². The fraction of sp³-hybridized carbons (Fsp3) is 0.909. The first-order chi connectivity index (χ1) is 7.77. The van der Waals surface area contributed by atoms with Crippen molar-refractivity contribution in [3.8, 4) is 0 Å². The lowest BCUT2D eigenvalue weighted by Crippen LogP contribution is -2.34. The van der Waals surface area contributed by atoms with Crippen LogP contribution in [0.15, 0.2) is 0 Å². The Hall–Kier alpha value is -0.810. The van der Waals surface area contributed by atoms with Crippen molar-refractivity contribution in [2.45, 2.75) is 44.4 Å². The van der Waals surface area contributed by atoms with Gasteiger partial charge in [0.2, 0.25) is 0 Å². The Morgan fingerprint density at radius 2 is 2.06 bits per heavy atom. The minimum absolute atomic E-state index is 0.0559. The van der Waals surface area contributed by atoms with Crippen LogP contribution in [0, 0.1) is 0 Å². The molecule has 0 spiro atoms. The summed E-state index contributed by atoms with van der Waals surface area (Å²) in [5.74, 6) is 0. The van der Waals surface area contributed by atoms with E-state index in [0.29, 0.717) is 19.8 Å². The number of hydrogen-bond donors (Lipinski definition) is 1. The molecule has 5 nitrogen and oxygen atoms in total. The van der Waals surface area contributed by atoms with E-state index in [1.165, 1.54) is 0 Å². The zero-order valence-electron chi connectivity index (χ0n) is 9.43. The summed E-state index contributed by atoms with van der Waals surface area (Å²) in [7, 11) is 0. The van der Waals surface area contributed by atoms with Gasteiger partial charge >= 0.3 is 6.09 Å². The SMILES string of the molecule is O=C(O)N1CCC[C@H]1CCCC1OCCO1. The minimum atomic E-state index is -0.782. The molecule has 16 heavy (non-hydrogen) atoms. The molecular formula is C11H19NO4. The fourth-order valence-electron chi connectivity index (χ4n) is 2.48. The first-order valence-electron chi connectivity index (χ1n) is 6.00. The summed E-state index contributed by atoms with van der Waals surface area (Å²) >= 11 is 0. The molecule has 0 aromatic carbocycles. The van der Waals surface area contributed by atoms with E-state index in [0.717, 1.165) is 32.1 Å². The molecule has 1 N–H and O–H groups in total. The minimum Gasteiger partial charge on any atom is -0.465 e. The van der Waals surface area contributed by atoms with Gasteiger partial charge in [0.1, 0.15) is 0 Å². The van der Waals surface area contributed by atoms with E-state index in [4.69, 9.17) is 14.6 Å². The molecule has 2 aliphatic rings. The third kappa shape index (κ3) is 2.86. The predicted octanol–water partition coefficient (Wildman–Crippen LogP) is 1.67. The number of amides is 1. The van der Waals surface area contributed by atoms with E-state index >= 15 is 0 Å². The third-order valence-corrected chi connectivity index (χ3v) is 3.29. The van der Waals surface area contributed by atoms with Gasteiger partial charge in [-0.3, -0.25) is 0 Å². The molecule has 5 heteroatoms. The van der Waals surface area contributed by atoms with Crippen molar-refractivity contribution in [2.24, 2.45) is 0 Å². The van der Waals surface area contributed by atoms with Crippen LogP contribution in [0.2, 0.25) is 0 Å². The first kappa shape index (κ1) is 11.7. The Kier molecular flexibility index (Phi) is 4.01. The van der Waals surface area contributed by atoms with Gasteiger partial charge in [0.25, 0.3) is 0 Å². The molecule has 2 fully saturated rings. The van der Waals surface area contributed by atoms with E-state index < -0.39 is 6.09 Å². The highest BCUT2D eigenvalue weighted by Gasteiger charge is 2.28. The van der Waals surface area contributed by atoms with Crippen molar-refractivity contribution >= 4 is 6.09 Å². The Balaban J connectivity index is 1.66. The number of hydrogen-bond acceptors (Lipinski definition) is 3. The second-order valence-corrected chi connectivity index (χ2v) is 4.37. The molecule has 92 valence electrons. The summed E-state index contributed by atoms with van der Waals surface area (Å²) in [4.78, 5) is 12.5. The highest BCUT2D eigenvalue weighted by molar-refractivity contribution is 5.65. The van der Waals surface area contributed by atoms with Crippen LogP contribution in [0.4, 0.5) is 4.79 Å². The lowest BCUT2D eigenvalue weighted by molar-refractivity contribution is -0.0485. The van der Waals surface area contributed by atoms with E-state index in [2.05, 4.69) is 0 Å². The van der Waals surface area contributed by atoms with Crippen molar-refractivity contribution in [1.82, 2.24) is 4.90 Å². The maximum Gasteiger partial charge on any atom is 0.407 e. The lowest BCUT2D eigenvalue weighted by Gasteiger charge is -2.21. The average molecular weight is 229 g/mol. The molecule has 0 aromatic rings. The van der Waals surface area contributed by atoms with Gasteiger partial charge in [-0.1, -0.05) is 0 Å². The largest absolute Gasteiger partial charge is 0.465 e. The summed E-state index contributed by atoms with van der Waals surface area (Å²) in [6, 6.07) is 0.207. The molecule has 1 amide bonds.